The summed E-state index contributed by atoms with van der Waals surface area (Å²) in [4.78, 5) is 18.8. The van der Waals surface area contributed by atoms with Crippen LogP contribution in [0.4, 0.5) is 11.4 Å². The maximum Gasteiger partial charge on any atom is 0.224 e. The Morgan fingerprint density at radius 1 is 1.08 bits per heavy atom. The Balaban J connectivity index is 1.65. The number of rotatable bonds is 6. The summed E-state index contributed by atoms with van der Waals surface area (Å²) in [5.41, 5.74) is 7.53. The zero-order valence-corrected chi connectivity index (χ0v) is 24.5. The molecule has 1 saturated heterocycles. The molecule has 6 nitrogen and oxygen atoms in total. The minimum absolute atomic E-state index is 0.0237. The summed E-state index contributed by atoms with van der Waals surface area (Å²) in [5, 5.41) is 8.11. The predicted octanol–water partition coefficient (Wildman–Crippen LogP) is 7.63. The summed E-state index contributed by atoms with van der Waals surface area (Å²) in [6.45, 7) is 7.97. The van der Waals surface area contributed by atoms with Crippen molar-refractivity contribution >= 4 is 57.8 Å². The number of nitrogens with one attached hydrogen (secondary N) is 2. The number of hydrogen-bond donors (Lipinski definition) is 2. The molecule has 3 heterocycles. The molecule has 0 bridgehead atoms. The van der Waals surface area contributed by atoms with Crippen molar-refractivity contribution in [1.82, 2.24) is 14.9 Å². The van der Waals surface area contributed by atoms with Crippen LogP contribution in [0, 0.1) is 20.8 Å². The van der Waals surface area contributed by atoms with Gasteiger partial charge < -0.3 is 20.1 Å². The predicted molar refractivity (Wildman–Crippen MR) is 163 cm³/mol. The largest absolute Gasteiger partial charge is 0.351 e. The van der Waals surface area contributed by atoms with Crippen LogP contribution in [0.15, 0.2) is 66.9 Å². The Kier molecular flexibility index (Phi) is 7.67. The number of hydrogen-bond acceptors (Lipinski definition) is 3. The minimum atomic E-state index is -0.194. The van der Waals surface area contributed by atoms with Crippen molar-refractivity contribution in [3.63, 3.8) is 0 Å². The lowest BCUT2D eigenvalue weighted by molar-refractivity contribution is -0.115. The van der Waals surface area contributed by atoms with Gasteiger partial charge in [0, 0.05) is 35.4 Å². The molecule has 5 rings (SSSR count). The van der Waals surface area contributed by atoms with Crippen molar-refractivity contribution in [3.05, 3.63) is 105 Å². The highest BCUT2D eigenvalue weighted by molar-refractivity contribution is 7.80. The second-order valence-corrected chi connectivity index (χ2v) is 10.8. The molecule has 2 atom stereocenters. The summed E-state index contributed by atoms with van der Waals surface area (Å²) >= 11 is 19.0. The number of carbonyl (C=O) groups excluding carboxylic acids is 1. The van der Waals surface area contributed by atoms with Gasteiger partial charge in [0.2, 0.25) is 5.91 Å². The smallest absolute Gasteiger partial charge is 0.224 e. The average Bonchev–Trinajstić information content (AvgIpc) is 3.42. The van der Waals surface area contributed by atoms with Gasteiger partial charge in [-0.05, 0) is 92.6 Å². The molecule has 2 aromatic carbocycles. The van der Waals surface area contributed by atoms with E-state index in [9.17, 15) is 4.79 Å². The van der Waals surface area contributed by atoms with Crippen LogP contribution in [0.3, 0.4) is 0 Å². The molecule has 39 heavy (non-hydrogen) atoms. The van der Waals surface area contributed by atoms with Crippen LogP contribution in [0.25, 0.3) is 5.69 Å². The van der Waals surface area contributed by atoms with Gasteiger partial charge in [-0.2, -0.15) is 0 Å². The molecule has 9 heteroatoms. The van der Waals surface area contributed by atoms with Gasteiger partial charge in [-0.3, -0.25) is 9.78 Å². The number of pyridine rings is 1. The fraction of sp³-hybridized carbons (Fsp3) is 0.233. The van der Waals surface area contributed by atoms with Crippen LogP contribution >= 0.6 is 35.4 Å². The molecule has 1 fully saturated rings. The molecular weight excluding hydrogens is 549 g/mol. The molecule has 4 aromatic rings. The van der Waals surface area contributed by atoms with Crippen LogP contribution < -0.4 is 15.5 Å². The van der Waals surface area contributed by atoms with E-state index < -0.39 is 0 Å². The number of aryl methyl sites for hydroxylation is 2. The van der Waals surface area contributed by atoms with Crippen molar-refractivity contribution in [1.29, 1.82) is 0 Å². The SMILES string of the molecule is CCC(=O)Nc1ccc(N2C(=S)N[C@@H](c3ccccn3)[C@@H]2c2cc(C)n(-c3cccc(Cl)c3Cl)c2C)cc1C. The van der Waals surface area contributed by atoms with Crippen LogP contribution in [-0.4, -0.2) is 20.6 Å². The maximum absolute atomic E-state index is 12.0. The summed E-state index contributed by atoms with van der Waals surface area (Å²) in [7, 11) is 0. The van der Waals surface area contributed by atoms with E-state index in [1.165, 1.54) is 0 Å². The van der Waals surface area contributed by atoms with Gasteiger partial charge in [0.15, 0.2) is 5.11 Å². The lowest BCUT2D eigenvalue weighted by atomic mass is 9.96. The first-order chi connectivity index (χ1) is 18.7. The number of halogens is 2. The summed E-state index contributed by atoms with van der Waals surface area (Å²) < 4.78 is 2.13. The van der Waals surface area contributed by atoms with Crippen LogP contribution in [0.2, 0.25) is 10.0 Å². The maximum atomic E-state index is 12.0. The van der Waals surface area contributed by atoms with Gasteiger partial charge >= 0.3 is 0 Å². The van der Waals surface area contributed by atoms with Crippen molar-refractivity contribution in [2.45, 2.75) is 46.2 Å². The lowest BCUT2D eigenvalue weighted by Crippen LogP contribution is -2.29. The minimum Gasteiger partial charge on any atom is -0.351 e. The van der Waals surface area contributed by atoms with Crippen molar-refractivity contribution in [2.24, 2.45) is 0 Å². The highest BCUT2D eigenvalue weighted by atomic mass is 35.5. The Labute approximate surface area is 244 Å². The topological polar surface area (TPSA) is 62.2 Å². The van der Waals surface area contributed by atoms with Gasteiger partial charge in [-0.25, -0.2) is 0 Å². The fourth-order valence-electron chi connectivity index (χ4n) is 5.25. The Morgan fingerprint density at radius 3 is 2.56 bits per heavy atom. The summed E-state index contributed by atoms with van der Waals surface area (Å²) in [6, 6.07) is 19.3. The molecule has 0 unspecified atom stereocenters. The molecule has 0 radical (unpaired) electrons. The normalized spacial score (nSPS) is 16.9. The van der Waals surface area contributed by atoms with E-state index in [-0.39, 0.29) is 18.0 Å². The first kappa shape index (κ1) is 27.2. The van der Waals surface area contributed by atoms with E-state index in [0.29, 0.717) is 21.6 Å². The highest BCUT2D eigenvalue weighted by Gasteiger charge is 2.42. The van der Waals surface area contributed by atoms with Gasteiger partial charge in [0.25, 0.3) is 0 Å². The van der Waals surface area contributed by atoms with E-state index in [0.717, 1.165) is 45.3 Å². The molecule has 1 aliphatic rings. The second kappa shape index (κ2) is 11.0. The number of thiocarbonyl (C=S) groups is 1. The van der Waals surface area contributed by atoms with Crippen molar-refractivity contribution < 1.29 is 4.79 Å². The number of amides is 1. The molecule has 0 saturated carbocycles. The molecular formula is C30H29Cl2N5OS. The molecule has 2 N–H and O–H groups in total. The first-order valence-electron chi connectivity index (χ1n) is 12.8. The fourth-order valence-corrected chi connectivity index (χ4v) is 5.97. The number of carbonyl (C=O) groups is 1. The zero-order valence-electron chi connectivity index (χ0n) is 22.1. The Morgan fingerprint density at radius 2 is 1.87 bits per heavy atom. The van der Waals surface area contributed by atoms with Gasteiger partial charge in [0.1, 0.15) is 0 Å². The molecule has 0 aliphatic carbocycles. The first-order valence-corrected chi connectivity index (χ1v) is 13.9. The molecule has 0 spiro atoms. The molecule has 1 aliphatic heterocycles. The number of anilines is 2. The van der Waals surface area contributed by atoms with Gasteiger partial charge in [-0.15, -0.1) is 0 Å². The average molecular weight is 579 g/mol. The molecule has 1 amide bonds. The van der Waals surface area contributed by atoms with Crippen LogP contribution in [0.5, 0.6) is 0 Å². The van der Waals surface area contributed by atoms with Crippen molar-refractivity contribution in [3.8, 4) is 5.69 Å². The van der Waals surface area contributed by atoms with Crippen LogP contribution in [0.1, 0.15) is 53.6 Å². The lowest BCUT2D eigenvalue weighted by Gasteiger charge is -2.29. The van der Waals surface area contributed by atoms with E-state index in [4.69, 9.17) is 35.4 Å². The van der Waals surface area contributed by atoms with Gasteiger partial charge in [-0.1, -0.05) is 42.3 Å². The van der Waals surface area contributed by atoms with E-state index in [1.54, 1.807) is 12.3 Å². The number of benzene rings is 2. The zero-order chi connectivity index (χ0) is 27.8. The Hall–Kier alpha value is -3.39. The van der Waals surface area contributed by atoms with Gasteiger partial charge in [0.05, 0.1) is 33.5 Å². The highest BCUT2D eigenvalue weighted by Crippen LogP contribution is 2.45. The number of aromatic nitrogens is 2. The standard InChI is InChI=1S/C30H29Cl2N5OS/c1-5-26(38)34-23-13-12-20(15-17(23)2)37-29(28(35-30(37)39)24-10-6-7-14-33-24)21-16-18(3)36(19(21)4)25-11-8-9-22(31)27(25)32/h6-16,28-29H,5H2,1-4H3,(H,34,38)(H,35,39)/t28-,29-/m0/s1. The Bertz CT molecular complexity index is 1570. The number of nitrogens with zero attached hydrogens (tertiary/aromatic N) is 3. The monoisotopic (exact) mass is 577 g/mol. The summed E-state index contributed by atoms with van der Waals surface area (Å²) in [5.74, 6) is -0.0237. The third-order valence-electron chi connectivity index (χ3n) is 7.14. The third-order valence-corrected chi connectivity index (χ3v) is 8.27. The van der Waals surface area contributed by atoms with Crippen molar-refractivity contribution in [2.75, 3.05) is 10.2 Å². The van der Waals surface area contributed by atoms with E-state index >= 15 is 0 Å². The summed E-state index contributed by atoms with van der Waals surface area (Å²) in [6.07, 6.45) is 2.21. The second-order valence-electron chi connectivity index (χ2n) is 9.63. The molecule has 200 valence electrons. The third kappa shape index (κ3) is 5.02. The van der Waals surface area contributed by atoms with E-state index in [2.05, 4.69) is 51.1 Å². The molecule has 2 aromatic heterocycles. The van der Waals surface area contributed by atoms with Crippen LogP contribution in [-0.2, 0) is 4.79 Å². The van der Waals surface area contributed by atoms with E-state index in [1.807, 2.05) is 56.3 Å². The quantitative estimate of drug-likeness (QED) is 0.231.